The summed E-state index contributed by atoms with van der Waals surface area (Å²) >= 11 is 0. The number of carbonyl (C=O) groups is 1. The molecule has 28 heavy (non-hydrogen) atoms. The fraction of sp³-hybridized carbons (Fsp3) is 0.222. The van der Waals surface area contributed by atoms with E-state index in [4.69, 9.17) is 4.42 Å². The molecular weight excluding hydrogens is 380 g/mol. The molecule has 3 aromatic rings. The van der Waals surface area contributed by atoms with E-state index < -0.39 is 30.0 Å². The summed E-state index contributed by atoms with van der Waals surface area (Å²) in [6.45, 7) is 0. The number of nitrogens with zero attached hydrogens (tertiary/aromatic N) is 2. The number of aromatic nitrogens is 2. The van der Waals surface area contributed by atoms with Crippen LogP contribution in [0.2, 0.25) is 0 Å². The minimum atomic E-state index is -4.57. The Labute approximate surface area is 156 Å². The monoisotopic (exact) mass is 394 g/mol. The van der Waals surface area contributed by atoms with Gasteiger partial charge in [-0.3, -0.25) is 4.79 Å². The summed E-state index contributed by atoms with van der Waals surface area (Å²) in [7, 11) is 0. The van der Waals surface area contributed by atoms with Gasteiger partial charge in [-0.25, -0.2) is 9.07 Å². The maximum absolute atomic E-state index is 13.6. The number of alkyl halides is 3. The van der Waals surface area contributed by atoms with Gasteiger partial charge in [0, 0.05) is 18.2 Å². The fourth-order valence-corrected chi connectivity index (χ4v) is 3.12. The molecule has 10 heteroatoms. The van der Waals surface area contributed by atoms with Crippen molar-refractivity contribution in [2.24, 2.45) is 0 Å². The zero-order valence-electron chi connectivity index (χ0n) is 14.2. The van der Waals surface area contributed by atoms with E-state index in [9.17, 15) is 22.4 Å². The first-order valence-corrected chi connectivity index (χ1v) is 8.34. The lowest BCUT2D eigenvalue weighted by molar-refractivity contribution is -0.174. The molecule has 0 radical (unpaired) electrons. The summed E-state index contributed by atoms with van der Waals surface area (Å²) in [6, 6.07) is 6.91. The van der Waals surface area contributed by atoms with Gasteiger partial charge in [0.25, 0.3) is 5.91 Å². The number of halogens is 4. The van der Waals surface area contributed by atoms with Gasteiger partial charge in [-0.05, 0) is 30.3 Å². The van der Waals surface area contributed by atoms with Crippen LogP contribution in [0.1, 0.15) is 34.8 Å². The van der Waals surface area contributed by atoms with Gasteiger partial charge in [0.1, 0.15) is 17.4 Å². The highest BCUT2D eigenvalue weighted by Gasteiger charge is 2.47. The zero-order chi connectivity index (χ0) is 19.9. The highest BCUT2D eigenvalue weighted by molar-refractivity contribution is 6.03. The van der Waals surface area contributed by atoms with Gasteiger partial charge in [-0.2, -0.15) is 18.3 Å². The number of hydrogen-bond acceptors (Lipinski definition) is 4. The summed E-state index contributed by atoms with van der Waals surface area (Å²) in [5, 5.41) is 9.17. The third kappa shape index (κ3) is 3.45. The van der Waals surface area contributed by atoms with Crippen LogP contribution in [0.5, 0.6) is 0 Å². The molecule has 1 aliphatic heterocycles. The average Bonchev–Trinajstić information content (AvgIpc) is 3.29. The second-order valence-corrected chi connectivity index (χ2v) is 6.33. The Bertz CT molecular complexity index is 997. The first kappa shape index (κ1) is 18.1. The van der Waals surface area contributed by atoms with Crippen molar-refractivity contribution in [3.05, 3.63) is 66.0 Å². The highest BCUT2D eigenvalue weighted by Crippen LogP contribution is 2.43. The third-order valence-electron chi connectivity index (χ3n) is 4.39. The van der Waals surface area contributed by atoms with Gasteiger partial charge in [-0.1, -0.05) is 6.07 Å². The Morgan fingerprint density at radius 1 is 1.25 bits per heavy atom. The number of furan rings is 1. The van der Waals surface area contributed by atoms with Crippen LogP contribution in [-0.2, 0) is 0 Å². The van der Waals surface area contributed by atoms with Gasteiger partial charge in [0.15, 0.2) is 11.7 Å². The molecule has 2 aromatic heterocycles. The van der Waals surface area contributed by atoms with E-state index in [-0.39, 0.29) is 23.6 Å². The number of carbonyl (C=O) groups excluding carboxylic acids is 1. The lowest BCUT2D eigenvalue weighted by Gasteiger charge is -2.32. The van der Waals surface area contributed by atoms with Crippen molar-refractivity contribution in [2.75, 3.05) is 10.6 Å². The summed E-state index contributed by atoms with van der Waals surface area (Å²) < 4.78 is 59.9. The Hall–Kier alpha value is -3.30. The van der Waals surface area contributed by atoms with Crippen molar-refractivity contribution in [1.82, 2.24) is 9.78 Å². The van der Waals surface area contributed by atoms with Crippen LogP contribution in [0.25, 0.3) is 0 Å². The number of anilines is 2. The fourth-order valence-electron chi connectivity index (χ4n) is 3.12. The summed E-state index contributed by atoms with van der Waals surface area (Å²) in [5.74, 6) is -0.904. The van der Waals surface area contributed by atoms with Crippen molar-refractivity contribution >= 4 is 17.4 Å². The van der Waals surface area contributed by atoms with E-state index in [1.165, 1.54) is 30.5 Å². The van der Waals surface area contributed by atoms with Crippen molar-refractivity contribution < 1.29 is 26.8 Å². The van der Waals surface area contributed by atoms with Crippen LogP contribution < -0.4 is 10.6 Å². The predicted molar refractivity (Wildman–Crippen MR) is 91.4 cm³/mol. The minimum absolute atomic E-state index is 0.0411. The Morgan fingerprint density at radius 3 is 2.75 bits per heavy atom. The molecule has 0 saturated carbocycles. The van der Waals surface area contributed by atoms with Gasteiger partial charge >= 0.3 is 6.18 Å². The second kappa shape index (κ2) is 6.70. The summed E-state index contributed by atoms with van der Waals surface area (Å²) in [6.07, 6.45) is -3.52. The van der Waals surface area contributed by atoms with Crippen molar-refractivity contribution in [3.63, 3.8) is 0 Å². The van der Waals surface area contributed by atoms with E-state index in [2.05, 4.69) is 15.7 Å². The maximum Gasteiger partial charge on any atom is 0.410 e. The van der Waals surface area contributed by atoms with Gasteiger partial charge in [-0.15, -0.1) is 0 Å². The standard InChI is InChI=1S/C18H14F4N4O2/c19-10-3-1-4-11(7-10)23-17(27)13-9-16-24-12(14-5-2-6-28-14)8-15(18(20,21)22)26(16)25-13/h1-7,9,12,15,24H,8H2,(H,23,27). The van der Waals surface area contributed by atoms with Crippen LogP contribution in [0, 0.1) is 5.82 Å². The number of amides is 1. The molecule has 3 heterocycles. The van der Waals surface area contributed by atoms with Crippen molar-refractivity contribution in [2.45, 2.75) is 24.7 Å². The summed E-state index contributed by atoms with van der Waals surface area (Å²) in [5.41, 5.74) is -0.0501. The van der Waals surface area contributed by atoms with E-state index in [0.717, 1.165) is 10.7 Å². The van der Waals surface area contributed by atoms with Crippen LogP contribution in [0.4, 0.5) is 29.1 Å². The van der Waals surface area contributed by atoms with E-state index in [1.807, 2.05) is 0 Å². The molecule has 0 saturated heterocycles. The van der Waals surface area contributed by atoms with Crippen molar-refractivity contribution in [1.29, 1.82) is 0 Å². The largest absolute Gasteiger partial charge is 0.467 e. The molecule has 1 aromatic carbocycles. The first-order valence-electron chi connectivity index (χ1n) is 8.34. The average molecular weight is 394 g/mol. The second-order valence-electron chi connectivity index (χ2n) is 6.33. The smallest absolute Gasteiger partial charge is 0.410 e. The molecule has 0 fully saturated rings. The van der Waals surface area contributed by atoms with Gasteiger partial charge < -0.3 is 15.1 Å². The molecule has 2 unspecified atom stereocenters. The maximum atomic E-state index is 13.6. The van der Waals surface area contributed by atoms with Crippen LogP contribution in [-0.4, -0.2) is 21.9 Å². The molecule has 146 valence electrons. The minimum Gasteiger partial charge on any atom is -0.467 e. The van der Waals surface area contributed by atoms with E-state index in [1.54, 1.807) is 12.1 Å². The predicted octanol–water partition coefficient (Wildman–Crippen LogP) is 4.53. The quantitative estimate of drug-likeness (QED) is 0.641. The number of rotatable bonds is 3. The first-order chi connectivity index (χ1) is 13.3. The van der Waals surface area contributed by atoms with E-state index >= 15 is 0 Å². The number of nitrogens with one attached hydrogen (secondary N) is 2. The molecular formula is C18H14F4N4O2. The van der Waals surface area contributed by atoms with E-state index in [0.29, 0.717) is 5.76 Å². The lowest BCUT2D eigenvalue weighted by Crippen LogP contribution is -2.35. The normalized spacial score (nSPS) is 19.0. The van der Waals surface area contributed by atoms with Crippen LogP contribution >= 0.6 is 0 Å². The molecule has 1 aliphatic rings. The molecule has 1 amide bonds. The molecule has 0 bridgehead atoms. The third-order valence-corrected chi connectivity index (χ3v) is 4.39. The Kier molecular flexibility index (Phi) is 4.33. The zero-order valence-corrected chi connectivity index (χ0v) is 14.2. The number of benzene rings is 1. The van der Waals surface area contributed by atoms with Crippen LogP contribution in [0.3, 0.4) is 0 Å². The molecule has 4 rings (SSSR count). The van der Waals surface area contributed by atoms with Gasteiger partial charge in [0.2, 0.25) is 0 Å². The Balaban J connectivity index is 1.64. The molecule has 2 N–H and O–H groups in total. The van der Waals surface area contributed by atoms with Crippen LogP contribution in [0.15, 0.2) is 53.1 Å². The molecule has 0 spiro atoms. The number of hydrogen-bond donors (Lipinski definition) is 2. The highest BCUT2D eigenvalue weighted by atomic mass is 19.4. The SMILES string of the molecule is O=C(Nc1cccc(F)c1)c1cc2n(n1)C(C(F)(F)F)CC(c1ccco1)N2. The van der Waals surface area contributed by atoms with Gasteiger partial charge in [0.05, 0.1) is 12.3 Å². The molecule has 6 nitrogen and oxygen atoms in total. The number of fused-ring (bicyclic) bond motifs is 1. The molecule has 0 aliphatic carbocycles. The lowest BCUT2D eigenvalue weighted by atomic mass is 10.0. The topological polar surface area (TPSA) is 72.1 Å². The van der Waals surface area contributed by atoms with Crippen molar-refractivity contribution in [3.8, 4) is 0 Å². The Morgan fingerprint density at radius 2 is 2.07 bits per heavy atom. The molecule has 2 atom stereocenters. The summed E-state index contributed by atoms with van der Waals surface area (Å²) in [4.78, 5) is 12.4.